The van der Waals surface area contributed by atoms with Crippen LogP contribution in [0.1, 0.15) is 39.5 Å². The standard InChI is InChI=1S/C14H26N2O3/c1-11(2)16-13(17)3-8-18-12-9-14(19-10-12)4-6-15-7-5-14/h11-12,15H,3-10H2,1-2H3,(H,16,17). The van der Waals surface area contributed by atoms with Gasteiger partial charge >= 0.3 is 0 Å². The van der Waals surface area contributed by atoms with Crippen LogP contribution < -0.4 is 10.6 Å². The van der Waals surface area contributed by atoms with Gasteiger partial charge in [-0.2, -0.15) is 0 Å². The van der Waals surface area contributed by atoms with E-state index < -0.39 is 0 Å². The predicted molar refractivity (Wildman–Crippen MR) is 73.0 cm³/mol. The molecular formula is C14H26N2O3. The zero-order chi connectivity index (χ0) is 13.7. The molecule has 1 amide bonds. The molecule has 2 N–H and O–H groups in total. The third-order valence-electron chi connectivity index (χ3n) is 3.82. The van der Waals surface area contributed by atoms with Gasteiger partial charge in [0, 0.05) is 18.9 Å². The monoisotopic (exact) mass is 270 g/mol. The number of rotatable bonds is 5. The SMILES string of the molecule is CC(C)NC(=O)CCOC1COC2(CCNCC2)C1. The summed E-state index contributed by atoms with van der Waals surface area (Å²) >= 11 is 0. The number of carbonyl (C=O) groups excluding carboxylic acids is 1. The molecule has 110 valence electrons. The Bertz CT molecular complexity index is 301. The number of ether oxygens (including phenoxy) is 2. The van der Waals surface area contributed by atoms with Crippen LogP contribution in [-0.4, -0.2) is 50.0 Å². The fourth-order valence-corrected chi connectivity index (χ4v) is 2.85. The van der Waals surface area contributed by atoms with Crippen molar-refractivity contribution in [1.82, 2.24) is 10.6 Å². The Labute approximate surface area is 115 Å². The highest BCUT2D eigenvalue weighted by Gasteiger charge is 2.41. The van der Waals surface area contributed by atoms with E-state index in [4.69, 9.17) is 9.47 Å². The summed E-state index contributed by atoms with van der Waals surface area (Å²) in [7, 11) is 0. The summed E-state index contributed by atoms with van der Waals surface area (Å²) in [5.41, 5.74) is 0.0378. The molecule has 0 aromatic heterocycles. The molecule has 0 saturated carbocycles. The summed E-state index contributed by atoms with van der Waals surface area (Å²) in [6, 6.07) is 0.195. The first-order chi connectivity index (χ1) is 9.10. The zero-order valence-corrected chi connectivity index (χ0v) is 12.0. The molecule has 2 aliphatic rings. The fourth-order valence-electron chi connectivity index (χ4n) is 2.85. The Morgan fingerprint density at radius 3 is 2.89 bits per heavy atom. The minimum Gasteiger partial charge on any atom is -0.375 e. The number of carbonyl (C=O) groups is 1. The quantitative estimate of drug-likeness (QED) is 0.777. The second-order valence-corrected chi connectivity index (χ2v) is 5.91. The van der Waals surface area contributed by atoms with Crippen molar-refractivity contribution in [2.24, 2.45) is 0 Å². The van der Waals surface area contributed by atoms with Crippen LogP contribution in [0.5, 0.6) is 0 Å². The average Bonchev–Trinajstić information content (AvgIpc) is 2.72. The lowest BCUT2D eigenvalue weighted by Gasteiger charge is -2.32. The van der Waals surface area contributed by atoms with Crippen molar-refractivity contribution in [3.05, 3.63) is 0 Å². The number of hydrogen-bond acceptors (Lipinski definition) is 4. The van der Waals surface area contributed by atoms with Gasteiger partial charge in [0.1, 0.15) is 0 Å². The molecule has 19 heavy (non-hydrogen) atoms. The molecule has 2 aliphatic heterocycles. The maximum Gasteiger partial charge on any atom is 0.222 e. The number of amides is 1. The van der Waals surface area contributed by atoms with Crippen LogP contribution in [0.4, 0.5) is 0 Å². The normalized spacial score (nSPS) is 25.9. The van der Waals surface area contributed by atoms with E-state index in [2.05, 4.69) is 10.6 Å². The molecule has 0 radical (unpaired) electrons. The summed E-state index contributed by atoms with van der Waals surface area (Å²) in [5, 5.41) is 6.22. The number of nitrogens with one attached hydrogen (secondary N) is 2. The summed E-state index contributed by atoms with van der Waals surface area (Å²) < 4.78 is 11.7. The van der Waals surface area contributed by atoms with Crippen molar-refractivity contribution >= 4 is 5.91 Å². The van der Waals surface area contributed by atoms with Gasteiger partial charge in [0.15, 0.2) is 0 Å². The van der Waals surface area contributed by atoms with Crippen LogP contribution in [0.2, 0.25) is 0 Å². The second-order valence-electron chi connectivity index (χ2n) is 5.91. The Hall–Kier alpha value is -0.650. The molecule has 0 bridgehead atoms. The lowest BCUT2D eigenvalue weighted by molar-refractivity contribution is -0.123. The predicted octanol–water partition coefficient (Wildman–Crippen LogP) is 0.829. The van der Waals surface area contributed by atoms with Crippen molar-refractivity contribution in [2.75, 3.05) is 26.3 Å². The third kappa shape index (κ3) is 4.44. The minimum atomic E-state index is 0.0378. The van der Waals surface area contributed by atoms with E-state index in [-0.39, 0.29) is 23.7 Å². The molecule has 5 nitrogen and oxygen atoms in total. The van der Waals surface area contributed by atoms with Gasteiger partial charge in [-0.05, 0) is 39.8 Å². The van der Waals surface area contributed by atoms with E-state index in [1.807, 2.05) is 13.8 Å². The lowest BCUT2D eigenvalue weighted by atomic mass is 9.89. The van der Waals surface area contributed by atoms with E-state index >= 15 is 0 Å². The summed E-state index contributed by atoms with van der Waals surface area (Å²) in [4.78, 5) is 11.5. The topological polar surface area (TPSA) is 59.6 Å². The highest BCUT2D eigenvalue weighted by atomic mass is 16.6. The summed E-state index contributed by atoms with van der Waals surface area (Å²) in [6.07, 6.45) is 3.70. The van der Waals surface area contributed by atoms with Crippen molar-refractivity contribution in [3.63, 3.8) is 0 Å². The van der Waals surface area contributed by atoms with E-state index in [0.717, 1.165) is 32.4 Å². The first-order valence-electron chi connectivity index (χ1n) is 7.35. The smallest absolute Gasteiger partial charge is 0.222 e. The maximum absolute atomic E-state index is 11.5. The van der Waals surface area contributed by atoms with Crippen LogP contribution in [0.25, 0.3) is 0 Å². The molecule has 1 atom stereocenters. The Morgan fingerprint density at radius 1 is 1.47 bits per heavy atom. The number of hydrogen-bond donors (Lipinski definition) is 2. The van der Waals surface area contributed by atoms with Crippen LogP contribution in [-0.2, 0) is 14.3 Å². The van der Waals surface area contributed by atoms with Gasteiger partial charge in [-0.15, -0.1) is 0 Å². The number of piperidine rings is 1. The van der Waals surface area contributed by atoms with Gasteiger partial charge in [0.25, 0.3) is 0 Å². The van der Waals surface area contributed by atoms with Crippen molar-refractivity contribution < 1.29 is 14.3 Å². The van der Waals surface area contributed by atoms with Crippen LogP contribution in [0.3, 0.4) is 0 Å². The highest BCUT2D eigenvalue weighted by molar-refractivity contribution is 5.76. The second kappa shape index (κ2) is 6.68. The summed E-state index contributed by atoms with van der Waals surface area (Å²) in [5.74, 6) is 0.0606. The van der Waals surface area contributed by atoms with Gasteiger partial charge in [0.2, 0.25) is 5.91 Å². The Balaban J connectivity index is 1.64. The molecule has 1 spiro atoms. The molecular weight excluding hydrogens is 244 g/mol. The molecule has 0 aliphatic carbocycles. The van der Waals surface area contributed by atoms with E-state index in [9.17, 15) is 4.79 Å². The van der Waals surface area contributed by atoms with Crippen molar-refractivity contribution in [2.45, 2.75) is 57.3 Å². The van der Waals surface area contributed by atoms with Crippen LogP contribution >= 0.6 is 0 Å². The maximum atomic E-state index is 11.5. The molecule has 2 saturated heterocycles. The molecule has 2 fully saturated rings. The van der Waals surface area contributed by atoms with E-state index in [1.165, 1.54) is 0 Å². The molecule has 0 aromatic carbocycles. The van der Waals surface area contributed by atoms with Gasteiger partial charge in [-0.25, -0.2) is 0 Å². The molecule has 5 heteroatoms. The van der Waals surface area contributed by atoms with Gasteiger partial charge in [-0.3, -0.25) is 4.79 Å². The van der Waals surface area contributed by atoms with E-state index in [0.29, 0.717) is 19.6 Å². The van der Waals surface area contributed by atoms with Gasteiger partial charge in [-0.1, -0.05) is 0 Å². The van der Waals surface area contributed by atoms with E-state index in [1.54, 1.807) is 0 Å². The van der Waals surface area contributed by atoms with Crippen molar-refractivity contribution in [1.29, 1.82) is 0 Å². The Kier molecular flexibility index (Phi) is 5.19. The lowest BCUT2D eigenvalue weighted by Crippen LogP contribution is -2.41. The van der Waals surface area contributed by atoms with Crippen molar-refractivity contribution in [3.8, 4) is 0 Å². The largest absolute Gasteiger partial charge is 0.375 e. The third-order valence-corrected chi connectivity index (χ3v) is 3.82. The van der Waals surface area contributed by atoms with Gasteiger partial charge < -0.3 is 20.1 Å². The minimum absolute atomic E-state index is 0.0378. The molecule has 2 heterocycles. The van der Waals surface area contributed by atoms with Gasteiger partial charge in [0.05, 0.1) is 24.9 Å². The summed E-state index contributed by atoms with van der Waals surface area (Å²) in [6.45, 7) is 7.15. The average molecular weight is 270 g/mol. The van der Waals surface area contributed by atoms with Crippen LogP contribution in [0, 0.1) is 0 Å². The first kappa shape index (κ1) is 14.8. The first-order valence-corrected chi connectivity index (χ1v) is 7.35. The molecule has 2 rings (SSSR count). The highest BCUT2D eigenvalue weighted by Crippen LogP contribution is 2.35. The zero-order valence-electron chi connectivity index (χ0n) is 12.0. The molecule has 1 unspecified atom stereocenters. The Morgan fingerprint density at radius 2 is 2.21 bits per heavy atom. The fraction of sp³-hybridized carbons (Fsp3) is 0.929. The molecule has 0 aromatic rings. The van der Waals surface area contributed by atoms with Crippen LogP contribution in [0.15, 0.2) is 0 Å².